The fourth-order valence-electron chi connectivity index (χ4n) is 5.65. The van der Waals surface area contributed by atoms with Gasteiger partial charge in [0.05, 0.1) is 14.2 Å². The second-order valence-corrected chi connectivity index (χ2v) is 13.5. The van der Waals surface area contributed by atoms with Crippen molar-refractivity contribution in [1.82, 2.24) is 9.97 Å². The van der Waals surface area contributed by atoms with Crippen LogP contribution in [0.2, 0.25) is 0 Å². The van der Waals surface area contributed by atoms with Crippen molar-refractivity contribution in [2.45, 2.75) is 91.6 Å². The average molecular weight is 691 g/mol. The maximum Gasteiger partial charge on any atom is 0.306 e. The second kappa shape index (κ2) is 17.7. The molecule has 4 aromatic rings. The molecule has 2 heterocycles. The van der Waals surface area contributed by atoms with E-state index in [1.165, 1.54) is 25.3 Å². The molecular formula is C40H48F2N2O6. The van der Waals surface area contributed by atoms with Crippen molar-refractivity contribution < 1.29 is 37.7 Å². The van der Waals surface area contributed by atoms with Gasteiger partial charge in [0, 0.05) is 37.4 Å². The second-order valence-electron chi connectivity index (χ2n) is 13.5. The molecule has 0 aliphatic heterocycles. The van der Waals surface area contributed by atoms with E-state index in [1.54, 1.807) is 43.8 Å². The number of carboxylic acids is 1. The van der Waals surface area contributed by atoms with E-state index in [9.17, 15) is 18.4 Å². The van der Waals surface area contributed by atoms with Gasteiger partial charge in [0.25, 0.3) is 0 Å². The third-order valence-corrected chi connectivity index (χ3v) is 7.84. The van der Waals surface area contributed by atoms with Gasteiger partial charge < -0.3 is 19.3 Å². The summed E-state index contributed by atoms with van der Waals surface area (Å²) in [6.45, 7) is 13.5. The molecule has 4 rings (SSSR count). The van der Waals surface area contributed by atoms with Crippen LogP contribution in [0.5, 0.6) is 11.8 Å². The van der Waals surface area contributed by atoms with Crippen LogP contribution in [0.15, 0.2) is 60.9 Å². The highest BCUT2D eigenvalue weighted by Gasteiger charge is 2.21. The van der Waals surface area contributed by atoms with Gasteiger partial charge in [-0.25, -0.2) is 18.7 Å². The molecule has 0 radical (unpaired) electrons. The zero-order valence-electron chi connectivity index (χ0n) is 30.4. The van der Waals surface area contributed by atoms with Crippen LogP contribution in [-0.2, 0) is 27.2 Å². The molecule has 0 amide bonds. The molecule has 0 saturated heterocycles. The van der Waals surface area contributed by atoms with Crippen molar-refractivity contribution in [3.63, 3.8) is 0 Å². The number of benzene rings is 2. The highest BCUT2D eigenvalue weighted by molar-refractivity contribution is 5.74. The third-order valence-electron chi connectivity index (χ3n) is 7.84. The largest absolute Gasteiger partial charge is 0.481 e. The number of hydrogen-bond acceptors (Lipinski definition) is 7. The maximum absolute atomic E-state index is 14.3. The summed E-state index contributed by atoms with van der Waals surface area (Å²) < 4.78 is 44.1. The zero-order chi connectivity index (χ0) is 37.2. The van der Waals surface area contributed by atoms with Crippen molar-refractivity contribution in [1.29, 1.82) is 0 Å². The van der Waals surface area contributed by atoms with Crippen LogP contribution in [0.3, 0.4) is 0 Å². The molecule has 1 N–H and O–H groups in total. The van der Waals surface area contributed by atoms with Crippen molar-refractivity contribution in [3.05, 3.63) is 94.8 Å². The average Bonchev–Trinajstić information content (AvgIpc) is 3.05. The van der Waals surface area contributed by atoms with Gasteiger partial charge in [-0.05, 0) is 126 Å². The molecule has 268 valence electrons. The molecule has 2 aromatic heterocycles. The van der Waals surface area contributed by atoms with Crippen molar-refractivity contribution in [3.8, 4) is 34.0 Å². The van der Waals surface area contributed by atoms with Crippen LogP contribution in [0, 0.1) is 11.6 Å². The number of aromatic nitrogens is 2. The monoisotopic (exact) mass is 690 g/mol. The van der Waals surface area contributed by atoms with E-state index < -0.39 is 11.6 Å². The summed E-state index contributed by atoms with van der Waals surface area (Å²) in [7, 11) is 3.06. The minimum absolute atomic E-state index is 0.000566. The van der Waals surface area contributed by atoms with E-state index in [-0.39, 0.29) is 42.3 Å². The molecule has 0 aliphatic rings. The number of carbonyl (C=O) groups excluding carboxylic acids is 1. The zero-order valence-corrected chi connectivity index (χ0v) is 30.4. The summed E-state index contributed by atoms with van der Waals surface area (Å²) >= 11 is 0. The van der Waals surface area contributed by atoms with E-state index >= 15 is 0 Å². The van der Waals surface area contributed by atoms with E-state index in [0.717, 1.165) is 38.9 Å². The maximum atomic E-state index is 14.3. The number of rotatable bonds is 12. The number of pyridine rings is 2. The molecule has 0 bridgehead atoms. The van der Waals surface area contributed by atoms with Gasteiger partial charge in [-0.3, -0.25) is 9.59 Å². The first-order chi connectivity index (χ1) is 23.5. The van der Waals surface area contributed by atoms with Gasteiger partial charge in [0.15, 0.2) is 0 Å². The Balaban J connectivity index is 0.000000274. The quantitative estimate of drug-likeness (QED) is 0.147. The van der Waals surface area contributed by atoms with Crippen LogP contribution in [0.25, 0.3) is 22.3 Å². The van der Waals surface area contributed by atoms with Crippen LogP contribution in [0.1, 0.15) is 95.4 Å². The Labute approximate surface area is 293 Å². The van der Waals surface area contributed by atoms with Gasteiger partial charge >= 0.3 is 11.9 Å². The van der Waals surface area contributed by atoms with Crippen molar-refractivity contribution >= 4 is 11.9 Å². The smallest absolute Gasteiger partial charge is 0.306 e. The number of methoxy groups -OCH3 is 2. The van der Waals surface area contributed by atoms with Crippen LogP contribution in [0.4, 0.5) is 8.78 Å². The highest BCUT2D eigenvalue weighted by atomic mass is 19.1. The van der Waals surface area contributed by atoms with Crippen LogP contribution >= 0.6 is 0 Å². The number of halogens is 2. The molecule has 0 atom stereocenters. The van der Waals surface area contributed by atoms with Crippen molar-refractivity contribution in [2.24, 2.45) is 0 Å². The summed E-state index contributed by atoms with van der Waals surface area (Å²) in [5.41, 5.74) is 6.02. The Morgan fingerprint density at radius 3 is 1.50 bits per heavy atom. The summed E-state index contributed by atoms with van der Waals surface area (Å²) in [4.78, 5) is 31.3. The predicted octanol–water partition coefficient (Wildman–Crippen LogP) is 9.33. The molecule has 8 nitrogen and oxygen atoms in total. The topological polar surface area (TPSA) is 108 Å². The standard InChI is InChI=1S/C22H28FNO3.C18H20FNO3/c1-14(2)18-12-16(23)13-19(15-9-10-24-20(11-15)26-6)17(18)7-8-21(25)27-22(3,4)5;1-11(2)15-9-13(19)10-16(14(15)4-5-18(21)22)12-6-7-20-17(8-12)23-3/h9-14H,7-8H2,1-6H3;6-11H,4-5H2,1-3H3,(H,21,22). The normalized spacial score (nSPS) is 11.2. The summed E-state index contributed by atoms with van der Waals surface area (Å²) in [6.07, 6.45) is 4.28. The molecule has 0 fully saturated rings. The molecule has 0 aliphatic carbocycles. The first kappa shape index (κ1) is 39.6. The number of esters is 1. The Kier molecular flexibility index (Phi) is 14.0. The van der Waals surface area contributed by atoms with E-state index in [4.69, 9.17) is 19.3 Å². The van der Waals surface area contributed by atoms with E-state index in [2.05, 4.69) is 9.97 Å². The lowest BCUT2D eigenvalue weighted by Crippen LogP contribution is -2.24. The van der Waals surface area contributed by atoms with E-state index in [0.29, 0.717) is 30.2 Å². The first-order valence-electron chi connectivity index (χ1n) is 16.6. The fraction of sp³-hybridized carbons (Fsp3) is 0.400. The summed E-state index contributed by atoms with van der Waals surface area (Å²) in [5, 5.41) is 9.00. The number of aliphatic carboxylic acids is 1. The lowest BCUT2D eigenvalue weighted by molar-refractivity contribution is -0.154. The van der Waals surface area contributed by atoms with Gasteiger partial charge in [-0.2, -0.15) is 0 Å². The highest BCUT2D eigenvalue weighted by Crippen LogP contribution is 2.35. The predicted molar refractivity (Wildman–Crippen MR) is 191 cm³/mol. The van der Waals surface area contributed by atoms with Gasteiger partial charge in [-0.15, -0.1) is 0 Å². The lowest BCUT2D eigenvalue weighted by Gasteiger charge is -2.21. The van der Waals surface area contributed by atoms with Gasteiger partial charge in [-0.1, -0.05) is 27.7 Å². The van der Waals surface area contributed by atoms with Crippen LogP contribution < -0.4 is 9.47 Å². The van der Waals surface area contributed by atoms with E-state index in [1.807, 2.05) is 54.5 Å². The lowest BCUT2D eigenvalue weighted by atomic mass is 9.88. The Bertz CT molecular complexity index is 1780. The number of carbonyl (C=O) groups is 2. The van der Waals surface area contributed by atoms with Gasteiger partial charge in [0.2, 0.25) is 11.8 Å². The number of ether oxygens (including phenoxy) is 3. The summed E-state index contributed by atoms with van der Waals surface area (Å²) in [6, 6.07) is 13.1. The molecular weight excluding hydrogens is 642 g/mol. The first-order valence-corrected chi connectivity index (χ1v) is 16.6. The number of carboxylic acid groups (broad SMARTS) is 1. The SMILES string of the molecule is COc1cc(-c2cc(F)cc(C(C)C)c2CCC(=O)O)ccn1.COc1cc(-c2cc(F)cc(C(C)C)c2CCC(=O)OC(C)(C)C)ccn1. The molecule has 2 aromatic carbocycles. The fourth-order valence-corrected chi connectivity index (χ4v) is 5.65. The molecule has 0 unspecified atom stereocenters. The number of hydrogen-bond donors (Lipinski definition) is 1. The van der Waals surface area contributed by atoms with Gasteiger partial charge in [0.1, 0.15) is 17.2 Å². The minimum atomic E-state index is -0.873. The minimum Gasteiger partial charge on any atom is -0.481 e. The molecule has 10 heteroatoms. The Morgan fingerprint density at radius 2 is 1.14 bits per heavy atom. The van der Waals surface area contributed by atoms with Crippen LogP contribution in [-0.4, -0.2) is 46.8 Å². The number of nitrogens with zero attached hydrogens (tertiary/aromatic N) is 2. The molecule has 50 heavy (non-hydrogen) atoms. The molecule has 0 spiro atoms. The molecule has 0 saturated carbocycles. The Morgan fingerprint density at radius 1 is 0.720 bits per heavy atom. The Hall–Kier alpha value is -4.86. The third kappa shape index (κ3) is 11.4. The van der Waals surface area contributed by atoms with Crippen molar-refractivity contribution in [2.75, 3.05) is 14.2 Å². The summed E-state index contributed by atoms with van der Waals surface area (Å²) in [5.74, 6) is -0.664.